The lowest BCUT2D eigenvalue weighted by Crippen LogP contribution is -2.35. The molecular formula is C9H15NO4S. The number of hydrogen-bond acceptors (Lipinski definition) is 6. The Morgan fingerprint density at radius 2 is 2.00 bits per heavy atom. The summed E-state index contributed by atoms with van der Waals surface area (Å²) >= 11 is 1.64. The van der Waals surface area contributed by atoms with Gasteiger partial charge in [-0.3, -0.25) is 4.79 Å². The second-order valence-electron chi connectivity index (χ2n) is 2.86. The molecule has 6 heteroatoms. The van der Waals surface area contributed by atoms with Crippen molar-refractivity contribution in [1.82, 2.24) is 0 Å². The van der Waals surface area contributed by atoms with Crippen LogP contribution in [0.3, 0.4) is 0 Å². The minimum absolute atomic E-state index is 0.433. The maximum absolute atomic E-state index is 11.1. The van der Waals surface area contributed by atoms with Crippen LogP contribution >= 0.6 is 11.8 Å². The van der Waals surface area contributed by atoms with Crippen LogP contribution in [0, 0.1) is 0 Å². The molecule has 0 amide bonds. The quantitative estimate of drug-likeness (QED) is 0.303. The van der Waals surface area contributed by atoms with Crippen LogP contribution in [0.25, 0.3) is 0 Å². The van der Waals surface area contributed by atoms with Gasteiger partial charge in [-0.1, -0.05) is 6.92 Å². The predicted molar refractivity (Wildman–Crippen MR) is 57.4 cm³/mol. The standard InChI is InChI=1S/C9H15NO4S/c1-3-15-5-4-7(10)9(13)14-8(12)6(2)11/h7H,3-5,10H2,1-2H3/t7-/m0/s1. The van der Waals surface area contributed by atoms with E-state index < -0.39 is 23.8 Å². The number of nitrogens with two attached hydrogens (primary N) is 1. The van der Waals surface area contributed by atoms with Gasteiger partial charge in [-0.25, -0.2) is 9.59 Å². The maximum atomic E-state index is 11.1. The molecule has 0 heterocycles. The summed E-state index contributed by atoms with van der Waals surface area (Å²) in [6, 6.07) is -0.840. The van der Waals surface area contributed by atoms with Crippen molar-refractivity contribution < 1.29 is 19.1 Å². The fraction of sp³-hybridized carbons (Fsp3) is 0.667. The highest BCUT2D eigenvalue weighted by atomic mass is 32.2. The SMILES string of the molecule is CCSCC[C@H](N)C(=O)OC(=O)C(C)=O. The topological polar surface area (TPSA) is 86.5 Å². The number of carbonyl (C=O) groups excluding carboxylic acids is 3. The van der Waals surface area contributed by atoms with Crippen molar-refractivity contribution in [1.29, 1.82) is 0 Å². The van der Waals surface area contributed by atoms with Crippen molar-refractivity contribution >= 4 is 29.5 Å². The number of hydrogen-bond donors (Lipinski definition) is 1. The van der Waals surface area contributed by atoms with Crippen molar-refractivity contribution in [2.75, 3.05) is 11.5 Å². The Morgan fingerprint density at radius 3 is 2.47 bits per heavy atom. The molecule has 2 N–H and O–H groups in total. The first-order chi connectivity index (χ1) is 6.99. The number of esters is 2. The molecule has 0 aliphatic rings. The van der Waals surface area contributed by atoms with Crippen molar-refractivity contribution in [3.8, 4) is 0 Å². The molecule has 5 nitrogen and oxygen atoms in total. The number of carbonyl (C=O) groups is 3. The number of thioether (sulfide) groups is 1. The first-order valence-corrected chi connectivity index (χ1v) is 5.74. The highest BCUT2D eigenvalue weighted by Crippen LogP contribution is 2.04. The summed E-state index contributed by atoms with van der Waals surface area (Å²) in [5.41, 5.74) is 5.46. The summed E-state index contributed by atoms with van der Waals surface area (Å²) in [4.78, 5) is 32.3. The van der Waals surface area contributed by atoms with Gasteiger partial charge < -0.3 is 10.5 Å². The Hall–Kier alpha value is -0.880. The maximum Gasteiger partial charge on any atom is 0.381 e. The summed E-state index contributed by atoms with van der Waals surface area (Å²) in [7, 11) is 0. The van der Waals surface area contributed by atoms with E-state index in [4.69, 9.17) is 5.73 Å². The van der Waals surface area contributed by atoms with Crippen LogP contribution < -0.4 is 5.73 Å². The molecule has 0 radical (unpaired) electrons. The van der Waals surface area contributed by atoms with E-state index in [1.807, 2.05) is 6.92 Å². The van der Waals surface area contributed by atoms with Crippen LogP contribution in [-0.4, -0.2) is 35.3 Å². The molecule has 0 aromatic heterocycles. The average molecular weight is 233 g/mol. The predicted octanol–water partition coefficient (Wildman–Crippen LogP) is 0.116. The Labute approximate surface area is 92.7 Å². The molecule has 0 spiro atoms. The van der Waals surface area contributed by atoms with Crippen LogP contribution in [-0.2, 0) is 19.1 Å². The van der Waals surface area contributed by atoms with Gasteiger partial charge in [0.15, 0.2) is 0 Å². The zero-order valence-electron chi connectivity index (χ0n) is 8.82. The zero-order chi connectivity index (χ0) is 11.8. The molecule has 0 rings (SSSR count). The molecule has 0 saturated heterocycles. The highest BCUT2D eigenvalue weighted by Gasteiger charge is 2.20. The zero-order valence-corrected chi connectivity index (χ0v) is 9.63. The fourth-order valence-corrected chi connectivity index (χ4v) is 1.42. The van der Waals surface area contributed by atoms with Crippen molar-refractivity contribution in [2.45, 2.75) is 26.3 Å². The Morgan fingerprint density at radius 1 is 1.40 bits per heavy atom. The second kappa shape index (κ2) is 7.42. The molecule has 15 heavy (non-hydrogen) atoms. The van der Waals surface area contributed by atoms with Crippen molar-refractivity contribution in [3.05, 3.63) is 0 Å². The number of ether oxygens (including phenoxy) is 1. The summed E-state index contributed by atoms with van der Waals surface area (Å²) in [5.74, 6) is -1.14. The minimum atomic E-state index is -1.15. The van der Waals surface area contributed by atoms with E-state index >= 15 is 0 Å². The average Bonchev–Trinajstić information content (AvgIpc) is 2.17. The molecule has 0 aromatic carbocycles. The molecule has 0 aliphatic carbocycles. The van der Waals surface area contributed by atoms with E-state index in [9.17, 15) is 14.4 Å². The first-order valence-electron chi connectivity index (χ1n) is 4.59. The molecule has 0 fully saturated rings. The smallest absolute Gasteiger partial charge is 0.381 e. The summed E-state index contributed by atoms with van der Waals surface area (Å²) in [6.07, 6.45) is 0.433. The third kappa shape index (κ3) is 6.24. The van der Waals surface area contributed by atoms with Crippen LogP contribution in [0.5, 0.6) is 0 Å². The van der Waals surface area contributed by atoms with Gasteiger partial charge in [-0.15, -0.1) is 0 Å². The first kappa shape index (κ1) is 14.1. The van der Waals surface area contributed by atoms with Gasteiger partial charge in [0.05, 0.1) is 0 Å². The Balaban J connectivity index is 3.88. The third-order valence-electron chi connectivity index (χ3n) is 1.56. The second-order valence-corrected chi connectivity index (χ2v) is 4.25. The molecule has 0 bridgehead atoms. The molecule has 0 aliphatic heterocycles. The van der Waals surface area contributed by atoms with Crippen molar-refractivity contribution in [3.63, 3.8) is 0 Å². The molecule has 86 valence electrons. The summed E-state index contributed by atoms with van der Waals surface area (Å²) < 4.78 is 4.24. The van der Waals surface area contributed by atoms with Gasteiger partial charge >= 0.3 is 11.9 Å². The van der Waals surface area contributed by atoms with Gasteiger partial charge in [0.1, 0.15) is 6.04 Å². The van der Waals surface area contributed by atoms with E-state index in [1.165, 1.54) is 0 Å². The largest absolute Gasteiger partial charge is 0.386 e. The van der Waals surface area contributed by atoms with Crippen LogP contribution in [0.1, 0.15) is 20.3 Å². The van der Waals surface area contributed by atoms with E-state index in [1.54, 1.807) is 11.8 Å². The highest BCUT2D eigenvalue weighted by molar-refractivity contribution is 7.99. The van der Waals surface area contributed by atoms with Gasteiger partial charge in [-0.05, 0) is 17.9 Å². The molecule has 0 unspecified atom stereocenters. The Bertz CT molecular complexity index is 254. The van der Waals surface area contributed by atoms with E-state index in [0.29, 0.717) is 6.42 Å². The van der Waals surface area contributed by atoms with Gasteiger partial charge in [-0.2, -0.15) is 11.8 Å². The van der Waals surface area contributed by atoms with Crippen molar-refractivity contribution in [2.24, 2.45) is 5.73 Å². The van der Waals surface area contributed by atoms with Gasteiger partial charge in [0.2, 0.25) is 5.78 Å². The summed E-state index contributed by atoms with van der Waals surface area (Å²) in [6.45, 7) is 3.03. The lowest BCUT2D eigenvalue weighted by atomic mass is 10.2. The molecular weight excluding hydrogens is 218 g/mol. The van der Waals surface area contributed by atoms with Crippen LogP contribution in [0.4, 0.5) is 0 Å². The minimum Gasteiger partial charge on any atom is -0.386 e. The van der Waals surface area contributed by atoms with E-state index in [2.05, 4.69) is 4.74 Å². The normalized spacial score (nSPS) is 11.9. The van der Waals surface area contributed by atoms with E-state index in [0.717, 1.165) is 18.4 Å². The lowest BCUT2D eigenvalue weighted by molar-refractivity contribution is -0.164. The third-order valence-corrected chi connectivity index (χ3v) is 2.49. The van der Waals surface area contributed by atoms with Crippen LogP contribution in [0.15, 0.2) is 0 Å². The summed E-state index contributed by atoms with van der Waals surface area (Å²) in [5, 5.41) is 0. The molecule has 1 atom stereocenters. The van der Waals surface area contributed by atoms with Gasteiger partial charge in [0.25, 0.3) is 0 Å². The van der Waals surface area contributed by atoms with Crippen LogP contribution in [0.2, 0.25) is 0 Å². The van der Waals surface area contributed by atoms with Gasteiger partial charge in [0, 0.05) is 6.92 Å². The molecule has 0 saturated carbocycles. The Kier molecular flexibility index (Phi) is 6.98. The molecule has 0 aromatic rings. The lowest BCUT2D eigenvalue weighted by Gasteiger charge is -2.08. The van der Waals surface area contributed by atoms with E-state index in [-0.39, 0.29) is 0 Å². The number of rotatable bonds is 6. The number of ketones is 1. The fourth-order valence-electron chi connectivity index (χ4n) is 0.711. The monoisotopic (exact) mass is 233 g/mol. The number of Topliss-reactive ketones (excluding diaryl/α,β-unsaturated/α-hetero) is 1.